The predicted molar refractivity (Wildman–Crippen MR) is 88.5 cm³/mol. The minimum atomic E-state index is 0.606. The Kier molecular flexibility index (Phi) is 4.21. The third-order valence-electron chi connectivity index (χ3n) is 4.36. The molecule has 3 heterocycles. The quantitative estimate of drug-likeness (QED) is 0.858. The molecule has 0 bridgehead atoms. The van der Waals surface area contributed by atoms with E-state index in [4.69, 9.17) is 14.2 Å². The highest BCUT2D eigenvalue weighted by Gasteiger charge is 2.24. The van der Waals surface area contributed by atoms with Crippen molar-refractivity contribution in [2.75, 3.05) is 26.4 Å². The second-order valence-corrected chi connectivity index (χ2v) is 5.94. The van der Waals surface area contributed by atoms with E-state index in [1.807, 2.05) is 19.1 Å². The van der Waals surface area contributed by atoms with E-state index in [0.717, 1.165) is 54.4 Å². The largest absolute Gasteiger partial charge is 0.486 e. The third kappa shape index (κ3) is 2.89. The van der Waals surface area contributed by atoms with Crippen molar-refractivity contribution in [3.63, 3.8) is 0 Å². The molecule has 1 aromatic heterocycles. The van der Waals surface area contributed by atoms with Crippen LogP contribution in [0.4, 0.5) is 0 Å². The Hall–Kier alpha value is -2.34. The number of rotatable bonds is 4. The summed E-state index contributed by atoms with van der Waals surface area (Å²) in [6, 6.07) is 6.09. The van der Waals surface area contributed by atoms with E-state index in [9.17, 15) is 0 Å². The Bertz CT molecular complexity index is 735. The summed E-state index contributed by atoms with van der Waals surface area (Å²) in [6.07, 6.45) is 2.50. The van der Waals surface area contributed by atoms with E-state index in [1.54, 1.807) is 6.33 Å². The van der Waals surface area contributed by atoms with E-state index in [0.29, 0.717) is 25.7 Å². The van der Waals surface area contributed by atoms with Gasteiger partial charge >= 0.3 is 0 Å². The summed E-state index contributed by atoms with van der Waals surface area (Å²) in [6.45, 7) is 6.36. The van der Waals surface area contributed by atoms with Crippen molar-refractivity contribution >= 4 is 0 Å². The number of ether oxygens (including phenoxy) is 3. The van der Waals surface area contributed by atoms with Crippen LogP contribution < -0.4 is 14.2 Å². The van der Waals surface area contributed by atoms with Gasteiger partial charge in [0.15, 0.2) is 11.5 Å². The number of benzene rings is 1. The number of para-hydroxylation sites is 1. The molecule has 0 radical (unpaired) electrons. The van der Waals surface area contributed by atoms with Crippen molar-refractivity contribution in [2.45, 2.75) is 26.4 Å². The first-order chi connectivity index (χ1) is 11.8. The number of hydrogen-bond donors (Lipinski definition) is 0. The zero-order valence-corrected chi connectivity index (χ0v) is 13.8. The highest BCUT2D eigenvalue weighted by atomic mass is 16.6. The second-order valence-electron chi connectivity index (χ2n) is 5.94. The molecule has 6 nitrogen and oxygen atoms in total. The summed E-state index contributed by atoms with van der Waals surface area (Å²) in [4.78, 5) is 11.1. The van der Waals surface area contributed by atoms with Crippen LogP contribution >= 0.6 is 0 Å². The summed E-state index contributed by atoms with van der Waals surface area (Å²) in [5.74, 6) is 2.43. The lowest BCUT2D eigenvalue weighted by Gasteiger charge is -2.30. The zero-order valence-electron chi connectivity index (χ0n) is 13.8. The summed E-state index contributed by atoms with van der Waals surface area (Å²) in [5, 5.41) is 0. The van der Waals surface area contributed by atoms with Gasteiger partial charge in [-0.3, -0.25) is 4.90 Å². The van der Waals surface area contributed by atoms with E-state index < -0.39 is 0 Å². The van der Waals surface area contributed by atoms with E-state index in [1.165, 1.54) is 0 Å². The lowest BCUT2D eigenvalue weighted by Crippen LogP contribution is -2.31. The molecule has 126 valence electrons. The van der Waals surface area contributed by atoms with Crippen molar-refractivity contribution in [3.8, 4) is 17.4 Å². The molecule has 1 aromatic carbocycles. The predicted octanol–water partition coefficient (Wildman–Crippen LogP) is 2.20. The van der Waals surface area contributed by atoms with Crippen LogP contribution in [0, 0.1) is 0 Å². The fraction of sp³-hybridized carbons (Fsp3) is 0.444. The van der Waals surface area contributed by atoms with Crippen LogP contribution in [0.25, 0.3) is 0 Å². The van der Waals surface area contributed by atoms with Crippen molar-refractivity contribution < 1.29 is 14.2 Å². The van der Waals surface area contributed by atoms with Gasteiger partial charge in [0.25, 0.3) is 0 Å². The molecule has 6 heteroatoms. The van der Waals surface area contributed by atoms with Crippen LogP contribution in [0.2, 0.25) is 0 Å². The van der Waals surface area contributed by atoms with Gasteiger partial charge in [-0.25, -0.2) is 9.97 Å². The molecule has 2 aliphatic rings. The highest BCUT2D eigenvalue weighted by molar-refractivity contribution is 5.47. The molecular weight excluding hydrogens is 306 g/mol. The maximum absolute atomic E-state index is 5.83. The van der Waals surface area contributed by atoms with E-state index >= 15 is 0 Å². The molecule has 2 aromatic rings. The van der Waals surface area contributed by atoms with Crippen LogP contribution in [0.15, 0.2) is 24.5 Å². The minimum absolute atomic E-state index is 0.606. The molecule has 0 saturated carbocycles. The SMILES string of the molecule is CCOc1ncnc2c1CN(Cc1cccc3c1OCCO3)CC2. The molecule has 0 amide bonds. The van der Waals surface area contributed by atoms with E-state index in [-0.39, 0.29) is 0 Å². The number of aromatic nitrogens is 2. The molecule has 24 heavy (non-hydrogen) atoms. The molecular formula is C18H21N3O3. The van der Waals surface area contributed by atoms with Crippen molar-refractivity contribution in [1.29, 1.82) is 0 Å². The number of fused-ring (bicyclic) bond motifs is 2. The molecule has 0 fully saturated rings. The maximum Gasteiger partial charge on any atom is 0.221 e. The van der Waals surface area contributed by atoms with Crippen LogP contribution in [-0.2, 0) is 19.5 Å². The van der Waals surface area contributed by atoms with Crippen LogP contribution in [0.3, 0.4) is 0 Å². The number of hydrogen-bond acceptors (Lipinski definition) is 6. The van der Waals surface area contributed by atoms with Gasteiger partial charge in [0.1, 0.15) is 19.5 Å². The Balaban J connectivity index is 1.56. The average molecular weight is 327 g/mol. The van der Waals surface area contributed by atoms with E-state index in [2.05, 4.69) is 20.9 Å². The van der Waals surface area contributed by atoms with Crippen molar-refractivity contribution in [2.24, 2.45) is 0 Å². The smallest absolute Gasteiger partial charge is 0.221 e. The first-order valence-corrected chi connectivity index (χ1v) is 8.40. The topological polar surface area (TPSA) is 56.7 Å². The maximum atomic E-state index is 5.83. The Morgan fingerprint density at radius 2 is 2.12 bits per heavy atom. The Labute approximate surface area is 141 Å². The fourth-order valence-electron chi connectivity index (χ4n) is 3.27. The molecule has 0 atom stereocenters. The van der Waals surface area contributed by atoms with Gasteiger partial charge in [-0.15, -0.1) is 0 Å². The summed E-state index contributed by atoms with van der Waals surface area (Å²) >= 11 is 0. The minimum Gasteiger partial charge on any atom is -0.486 e. The molecule has 2 aliphatic heterocycles. The van der Waals surface area contributed by atoms with Gasteiger partial charge in [0.2, 0.25) is 5.88 Å². The molecule has 0 spiro atoms. The summed E-state index contributed by atoms with van der Waals surface area (Å²) in [5.41, 5.74) is 3.36. The first kappa shape index (κ1) is 15.2. The lowest BCUT2D eigenvalue weighted by molar-refractivity contribution is 0.165. The monoisotopic (exact) mass is 327 g/mol. The van der Waals surface area contributed by atoms with Gasteiger partial charge in [-0.2, -0.15) is 0 Å². The number of nitrogens with zero attached hydrogens (tertiary/aromatic N) is 3. The fourth-order valence-corrected chi connectivity index (χ4v) is 3.27. The zero-order chi connectivity index (χ0) is 16.4. The van der Waals surface area contributed by atoms with Crippen molar-refractivity contribution in [1.82, 2.24) is 14.9 Å². The molecule has 4 rings (SSSR count). The van der Waals surface area contributed by atoms with Gasteiger partial charge < -0.3 is 14.2 Å². The highest BCUT2D eigenvalue weighted by Crippen LogP contribution is 2.35. The normalized spacial score (nSPS) is 16.5. The van der Waals surface area contributed by atoms with Gasteiger partial charge in [0, 0.05) is 37.2 Å². The van der Waals surface area contributed by atoms with Crippen molar-refractivity contribution in [3.05, 3.63) is 41.3 Å². The van der Waals surface area contributed by atoms with Crippen LogP contribution in [-0.4, -0.2) is 41.2 Å². The van der Waals surface area contributed by atoms with Gasteiger partial charge in [-0.05, 0) is 13.0 Å². The first-order valence-electron chi connectivity index (χ1n) is 8.40. The van der Waals surface area contributed by atoms with Gasteiger partial charge in [-0.1, -0.05) is 12.1 Å². The molecule has 0 aliphatic carbocycles. The third-order valence-corrected chi connectivity index (χ3v) is 4.36. The average Bonchev–Trinajstić information content (AvgIpc) is 2.63. The van der Waals surface area contributed by atoms with Crippen LogP contribution in [0.5, 0.6) is 17.4 Å². The second kappa shape index (κ2) is 6.65. The summed E-state index contributed by atoms with van der Waals surface area (Å²) in [7, 11) is 0. The molecule has 0 unspecified atom stereocenters. The molecule has 0 N–H and O–H groups in total. The molecule has 0 saturated heterocycles. The standard InChI is InChI=1S/C18H21N3O3/c1-2-22-18-14-11-21(7-6-15(14)19-12-20-18)10-13-4-3-5-16-17(13)24-9-8-23-16/h3-5,12H,2,6-11H2,1H3. The van der Waals surface area contributed by atoms with Gasteiger partial charge in [0.05, 0.1) is 12.3 Å². The van der Waals surface area contributed by atoms with Crippen LogP contribution in [0.1, 0.15) is 23.7 Å². The Morgan fingerprint density at radius 3 is 3.04 bits per heavy atom. The summed E-state index contributed by atoms with van der Waals surface area (Å²) < 4.78 is 17.2. The Morgan fingerprint density at radius 1 is 1.21 bits per heavy atom. The lowest BCUT2D eigenvalue weighted by atomic mass is 10.1.